The fraction of sp³-hybridized carbons (Fsp3) is 1.00. The molecule has 1 heterocycles. The molecule has 0 saturated carbocycles. The lowest BCUT2D eigenvalue weighted by Gasteiger charge is -2.36. The molecule has 0 aromatic heterocycles. The van der Waals surface area contributed by atoms with E-state index in [1.807, 2.05) is 0 Å². The van der Waals surface area contributed by atoms with Crippen molar-refractivity contribution >= 4 is 11.6 Å². The van der Waals surface area contributed by atoms with E-state index < -0.39 is 0 Å². The lowest BCUT2D eigenvalue weighted by molar-refractivity contribution is 0.130. The molecule has 2 heteroatoms. The van der Waals surface area contributed by atoms with Crippen molar-refractivity contribution in [3.05, 3.63) is 0 Å². The highest BCUT2D eigenvalue weighted by molar-refractivity contribution is 6.17. The molecule has 2 unspecified atom stereocenters. The third kappa shape index (κ3) is 2.95. The fourth-order valence-corrected chi connectivity index (χ4v) is 2.17. The number of hydrogen-bond acceptors (Lipinski definition) is 1. The Labute approximate surface area is 81.1 Å². The van der Waals surface area contributed by atoms with Crippen LogP contribution in [-0.4, -0.2) is 29.9 Å². The van der Waals surface area contributed by atoms with Crippen LogP contribution in [0.3, 0.4) is 0 Å². The van der Waals surface area contributed by atoms with E-state index in [0.717, 1.165) is 24.3 Å². The highest BCUT2D eigenvalue weighted by Gasteiger charge is 2.21. The number of hydrogen-bond donors (Lipinski definition) is 0. The van der Waals surface area contributed by atoms with E-state index in [2.05, 4.69) is 18.7 Å². The van der Waals surface area contributed by atoms with Crippen molar-refractivity contribution in [2.75, 3.05) is 19.0 Å². The number of nitrogens with zero attached hydrogens (tertiary/aromatic N) is 1. The van der Waals surface area contributed by atoms with Gasteiger partial charge in [0.05, 0.1) is 0 Å². The molecule has 0 N–H and O–H groups in total. The van der Waals surface area contributed by atoms with Gasteiger partial charge in [0, 0.05) is 11.9 Å². The first-order chi connectivity index (χ1) is 5.74. The minimum atomic E-state index is 0.775. The average Bonchev–Trinajstić information content (AvgIpc) is 2.03. The number of rotatable bonds is 3. The van der Waals surface area contributed by atoms with Gasteiger partial charge in [-0.05, 0) is 45.2 Å². The van der Waals surface area contributed by atoms with E-state index >= 15 is 0 Å². The van der Waals surface area contributed by atoms with Crippen LogP contribution in [0.2, 0.25) is 0 Å². The molecule has 0 spiro atoms. The summed E-state index contributed by atoms with van der Waals surface area (Å²) in [5, 5.41) is 0. The van der Waals surface area contributed by atoms with Crippen LogP contribution in [0.15, 0.2) is 0 Å². The van der Waals surface area contributed by atoms with Gasteiger partial charge in [-0.15, -0.1) is 11.6 Å². The normalized spacial score (nSPS) is 32.2. The van der Waals surface area contributed by atoms with Crippen molar-refractivity contribution in [2.45, 2.75) is 39.2 Å². The van der Waals surface area contributed by atoms with Crippen molar-refractivity contribution in [1.29, 1.82) is 0 Å². The molecule has 1 aliphatic rings. The van der Waals surface area contributed by atoms with Gasteiger partial charge in [-0.2, -0.15) is 0 Å². The fourth-order valence-electron chi connectivity index (χ4n) is 2.05. The first kappa shape index (κ1) is 10.3. The molecule has 72 valence electrons. The molecule has 1 rings (SSSR count). The average molecular weight is 190 g/mol. The standard InChI is InChI=1S/C10H20ClN/c1-9-4-7-12(6-3-5-11)10(2)8-9/h9-10H,3-8H2,1-2H3. The van der Waals surface area contributed by atoms with Crippen molar-refractivity contribution in [2.24, 2.45) is 5.92 Å². The largest absolute Gasteiger partial charge is 0.301 e. The van der Waals surface area contributed by atoms with Gasteiger partial charge < -0.3 is 4.90 Å². The van der Waals surface area contributed by atoms with Gasteiger partial charge in [0.2, 0.25) is 0 Å². The summed E-state index contributed by atoms with van der Waals surface area (Å²) in [7, 11) is 0. The molecule has 1 aliphatic heterocycles. The minimum absolute atomic E-state index is 0.775. The highest BCUT2D eigenvalue weighted by Crippen LogP contribution is 2.21. The minimum Gasteiger partial charge on any atom is -0.301 e. The third-order valence-electron chi connectivity index (χ3n) is 2.85. The monoisotopic (exact) mass is 189 g/mol. The number of likely N-dealkylation sites (tertiary alicyclic amines) is 1. The predicted molar refractivity (Wildman–Crippen MR) is 54.8 cm³/mol. The van der Waals surface area contributed by atoms with E-state index in [1.165, 1.54) is 25.9 Å². The summed E-state index contributed by atoms with van der Waals surface area (Å²) in [5.74, 6) is 1.73. The Morgan fingerprint density at radius 3 is 2.75 bits per heavy atom. The molecular formula is C10H20ClN. The molecular weight excluding hydrogens is 170 g/mol. The summed E-state index contributed by atoms with van der Waals surface area (Å²) in [6.07, 6.45) is 3.87. The Hall–Kier alpha value is 0.250. The number of alkyl halides is 1. The van der Waals surface area contributed by atoms with E-state index in [9.17, 15) is 0 Å². The summed E-state index contributed by atoms with van der Waals surface area (Å²) < 4.78 is 0. The summed E-state index contributed by atoms with van der Waals surface area (Å²) in [6.45, 7) is 7.16. The second-order valence-corrected chi connectivity index (χ2v) is 4.44. The molecule has 0 radical (unpaired) electrons. The first-order valence-corrected chi connectivity index (χ1v) is 5.57. The maximum Gasteiger partial charge on any atom is 0.0235 e. The van der Waals surface area contributed by atoms with Gasteiger partial charge in [0.15, 0.2) is 0 Å². The van der Waals surface area contributed by atoms with E-state index in [4.69, 9.17) is 11.6 Å². The van der Waals surface area contributed by atoms with Gasteiger partial charge in [0.25, 0.3) is 0 Å². The van der Waals surface area contributed by atoms with Gasteiger partial charge in [-0.3, -0.25) is 0 Å². The molecule has 2 atom stereocenters. The van der Waals surface area contributed by atoms with Crippen molar-refractivity contribution in [3.63, 3.8) is 0 Å². The quantitative estimate of drug-likeness (QED) is 0.618. The second-order valence-electron chi connectivity index (χ2n) is 4.06. The molecule has 1 fully saturated rings. The molecule has 0 aliphatic carbocycles. The van der Waals surface area contributed by atoms with Gasteiger partial charge >= 0.3 is 0 Å². The van der Waals surface area contributed by atoms with Gasteiger partial charge in [0.1, 0.15) is 0 Å². The van der Waals surface area contributed by atoms with Crippen LogP contribution >= 0.6 is 11.6 Å². The topological polar surface area (TPSA) is 3.24 Å². The van der Waals surface area contributed by atoms with E-state index in [0.29, 0.717) is 0 Å². The molecule has 1 nitrogen and oxygen atoms in total. The Balaban J connectivity index is 2.25. The Bertz CT molecular complexity index is 125. The van der Waals surface area contributed by atoms with E-state index in [-0.39, 0.29) is 0 Å². The smallest absolute Gasteiger partial charge is 0.0235 e. The van der Waals surface area contributed by atoms with Crippen LogP contribution in [0.5, 0.6) is 0 Å². The first-order valence-electron chi connectivity index (χ1n) is 5.04. The Kier molecular flexibility index (Phi) is 4.38. The van der Waals surface area contributed by atoms with Crippen LogP contribution in [-0.2, 0) is 0 Å². The second kappa shape index (κ2) is 5.08. The van der Waals surface area contributed by atoms with Crippen LogP contribution in [0.1, 0.15) is 33.1 Å². The molecule has 1 saturated heterocycles. The molecule has 0 amide bonds. The van der Waals surface area contributed by atoms with Crippen molar-refractivity contribution in [1.82, 2.24) is 4.90 Å². The maximum atomic E-state index is 5.67. The van der Waals surface area contributed by atoms with Crippen LogP contribution in [0.4, 0.5) is 0 Å². The molecule has 0 aromatic carbocycles. The predicted octanol–water partition coefficient (Wildman–Crippen LogP) is 2.74. The van der Waals surface area contributed by atoms with Crippen LogP contribution in [0.25, 0.3) is 0 Å². The van der Waals surface area contributed by atoms with Crippen molar-refractivity contribution < 1.29 is 0 Å². The van der Waals surface area contributed by atoms with Crippen molar-refractivity contribution in [3.8, 4) is 0 Å². The SMILES string of the molecule is CC1CCN(CCCCl)C(C)C1. The van der Waals surface area contributed by atoms with E-state index in [1.54, 1.807) is 0 Å². The van der Waals surface area contributed by atoms with Gasteiger partial charge in [-0.1, -0.05) is 6.92 Å². The lowest BCUT2D eigenvalue weighted by atomic mass is 9.93. The maximum absolute atomic E-state index is 5.67. The zero-order chi connectivity index (χ0) is 8.97. The lowest BCUT2D eigenvalue weighted by Crippen LogP contribution is -2.40. The molecule has 0 bridgehead atoms. The zero-order valence-corrected chi connectivity index (χ0v) is 8.98. The van der Waals surface area contributed by atoms with Crippen LogP contribution < -0.4 is 0 Å². The summed E-state index contributed by atoms with van der Waals surface area (Å²) in [6, 6.07) is 0.775. The zero-order valence-electron chi connectivity index (χ0n) is 8.22. The molecule has 12 heavy (non-hydrogen) atoms. The number of piperidine rings is 1. The summed E-state index contributed by atoms with van der Waals surface area (Å²) in [4.78, 5) is 2.57. The highest BCUT2D eigenvalue weighted by atomic mass is 35.5. The number of halogens is 1. The Morgan fingerprint density at radius 2 is 2.17 bits per heavy atom. The Morgan fingerprint density at radius 1 is 1.42 bits per heavy atom. The summed E-state index contributed by atoms with van der Waals surface area (Å²) in [5.41, 5.74) is 0. The molecule has 0 aromatic rings. The van der Waals surface area contributed by atoms with Crippen LogP contribution in [0, 0.1) is 5.92 Å². The summed E-state index contributed by atoms with van der Waals surface area (Å²) >= 11 is 5.67. The third-order valence-corrected chi connectivity index (χ3v) is 3.12. The van der Waals surface area contributed by atoms with Gasteiger partial charge in [-0.25, -0.2) is 0 Å².